The van der Waals surface area contributed by atoms with Gasteiger partial charge in [-0.2, -0.15) is 0 Å². The summed E-state index contributed by atoms with van der Waals surface area (Å²) in [6.45, 7) is 11.5. The molecule has 1 unspecified atom stereocenters. The molecule has 0 saturated heterocycles. The van der Waals surface area contributed by atoms with Crippen LogP contribution in [0.2, 0.25) is 0 Å². The Morgan fingerprint density at radius 2 is 1.60 bits per heavy atom. The van der Waals surface area contributed by atoms with Gasteiger partial charge in [0.25, 0.3) is 0 Å². The number of ether oxygens (including phenoxy) is 2. The summed E-state index contributed by atoms with van der Waals surface area (Å²) in [5, 5.41) is 3.46. The Morgan fingerprint density at radius 3 is 2.20 bits per heavy atom. The smallest absolute Gasteiger partial charge is 0.0615 e. The molecule has 0 amide bonds. The van der Waals surface area contributed by atoms with E-state index in [-0.39, 0.29) is 0 Å². The topological polar surface area (TPSA) is 33.7 Å². The molecule has 0 bridgehead atoms. The summed E-state index contributed by atoms with van der Waals surface area (Å²) in [5.41, 5.74) is 0. The summed E-state index contributed by atoms with van der Waals surface area (Å²) in [5.74, 6) is 0. The summed E-state index contributed by atoms with van der Waals surface area (Å²) in [7, 11) is 3.54. The Hall–Kier alpha value is -0.160. The maximum atomic E-state index is 5.26. The predicted octanol–water partition coefficient (Wildman–Crippen LogP) is 2.53. The van der Waals surface area contributed by atoms with Crippen LogP contribution in [-0.2, 0) is 9.47 Å². The first kappa shape index (κ1) is 19.8. The van der Waals surface area contributed by atoms with E-state index in [1.54, 1.807) is 14.2 Å². The molecule has 4 nitrogen and oxygen atoms in total. The lowest BCUT2D eigenvalue weighted by Gasteiger charge is -2.28. The van der Waals surface area contributed by atoms with Crippen LogP contribution in [0, 0.1) is 0 Å². The van der Waals surface area contributed by atoms with Gasteiger partial charge in [0.15, 0.2) is 0 Å². The van der Waals surface area contributed by atoms with Crippen molar-refractivity contribution in [1.29, 1.82) is 0 Å². The largest absolute Gasteiger partial charge is 0.383 e. The fourth-order valence-corrected chi connectivity index (χ4v) is 2.29. The minimum Gasteiger partial charge on any atom is -0.383 e. The molecule has 0 rings (SSSR count). The van der Waals surface area contributed by atoms with E-state index in [0.717, 1.165) is 32.8 Å². The molecule has 0 fully saturated rings. The molecule has 0 aromatic carbocycles. The van der Waals surface area contributed by atoms with E-state index in [2.05, 4.69) is 31.0 Å². The first-order valence-electron chi connectivity index (χ1n) is 8.07. The van der Waals surface area contributed by atoms with Crippen LogP contribution in [0.25, 0.3) is 0 Å². The highest BCUT2D eigenvalue weighted by Crippen LogP contribution is 2.06. The molecule has 0 spiro atoms. The van der Waals surface area contributed by atoms with Crippen molar-refractivity contribution >= 4 is 0 Å². The number of rotatable bonds is 14. The summed E-state index contributed by atoms with van der Waals surface area (Å²) in [4.78, 5) is 2.47. The van der Waals surface area contributed by atoms with Gasteiger partial charge >= 0.3 is 0 Å². The number of nitrogens with one attached hydrogen (secondary N) is 1. The van der Waals surface area contributed by atoms with Crippen LogP contribution in [0.4, 0.5) is 0 Å². The number of hydrogen-bond acceptors (Lipinski definition) is 4. The van der Waals surface area contributed by atoms with Gasteiger partial charge in [-0.25, -0.2) is 0 Å². The van der Waals surface area contributed by atoms with E-state index in [1.807, 2.05) is 0 Å². The average molecular weight is 288 g/mol. The molecule has 0 radical (unpaired) electrons. The molecule has 0 saturated carbocycles. The van der Waals surface area contributed by atoms with Crippen LogP contribution in [-0.4, -0.2) is 64.1 Å². The predicted molar refractivity (Wildman–Crippen MR) is 86.4 cm³/mol. The molecule has 0 aliphatic carbocycles. The third kappa shape index (κ3) is 11.6. The normalized spacial score (nSPS) is 13.3. The van der Waals surface area contributed by atoms with E-state index in [1.165, 1.54) is 25.7 Å². The number of unbranched alkanes of at least 4 members (excludes halogenated alkanes) is 3. The van der Waals surface area contributed by atoms with E-state index in [0.29, 0.717) is 12.1 Å². The van der Waals surface area contributed by atoms with Gasteiger partial charge in [0.1, 0.15) is 0 Å². The lowest BCUT2D eigenvalue weighted by molar-refractivity contribution is 0.0739. The van der Waals surface area contributed by atoms with Crippen molar-refractivity contribution in [2.45, 2.75) is 58.5 Å². The van der Waals surface area contributed by atoms with Gasteiger partial charge in [-0.3, -0.25) is 4.90 Å². The van der Waals surface area contributed by atoms with Crippen molar-refractivity contribution < 1.29 is 9.47 Å². The third-order valence-corrected chi connectivity index (χ3v) is 3.54. The van der Waals surface area contributed by atoms with E-state index >= 15 is 0 Å². The zero-order valence-electron chi connectivity index (χ0n) is 14.3. The van der Waals surface area contributed by atoms with Gasteiger partial charge in [0, 0.05) is 32.8 Å². The lowest BCUT2D eigenvalue weighted by Crippen LogP contribution is -2.39. The number of methoxy groups -OCH3 is 2. The highest BCUT2D eigenvalue weighted by Gasteiger charge is 2.12. The standard InChI is InChI=1S/C16H36N2O2/c1-15(2)17-10-8-6-7-9-11-18(12-13-19-4)16(3)14-20-5/h15-17H,6-14H2,1-5H3. The van der Waals surface area contributed by atoms with Crippen molar-refractivity contribution in [3.8, 4) is 0 Å². The van der Waals surface area contributed by atoms with Crippen LogP contribution in [0.3, 0.4) is 0 Å². The molecule has 0 aliphatic heterocycles. The fraction of sp³-hybridized carbons (Fsp3) is 1.00. The quantitative estimate of drug-likeness (QED) is 0.498. The second kappa shape index (κ2) is 13.8. The van der Waals surface area contributed by atoms with E-state index in [4.69, 9.17) is 9.47 Å². The van der Waals surface area contributed by atoms with Crippen LogP contribution >= 0.6 is 0 Å². The first-order chi connectivity index (χ1) is 9.61. The summed E-state index contributed by atoms with van der Waals surface area (Å²) in [6.07, 6.45) is 5.17. The zero-order valence-corrected chi connectivity index (χ0v) is 14.3. The van der Waals surface area contributed by atoms with Crippen LogP contribution in [0.15, 0.2) is 0 Å². The van der Waals surface area contributed by atoms with Gasteiger partial charge in [-0.1, -0.05) is 26.7 Å². The van der Waals surface area contributed by atoms with E-state index in [9.17, 15) is 0 Å². The van der Waals surface area contributed by atoms with Crippen molar-refractivity contribution in [2.75, 3.05) is 47.1 Å². The van der Waals surface area contributed by atoms with Crippen molar-refractivity contribution in [3.05, 3.63) is 0 Å². The average Bonchev–Trinajstić information content (AvgIpc) is 2.40. The molecule has 1 N–H and O–H groups in total. The van der Waals surface area contributed by atoms with Gasteiger partial charge in [-0.05, 0) is 32.9 Å². The SMILES string of the molecule is COCCN(CCCCCCNC(C)C)C(C)COC. The highest BCUT2D eigenvalue weighted by atomic mass is 16.5. The van der Waals surface area contributed by atoms with Crippen LogP contribution < -0.4 is 5.32 Å². The molecule has 0 heterocycles. The van der Waals surface area contributed by atoms with Crippen LogP contribution in [0.5, 0.6) is 0 Å². The Labute approximate surface area is 126 Å². The maximum absolute atomic E-state index is 5.26. The van der Waals surface area contributed by atoms with Crippen molar-refractivity contribution in [3.63, 3.8) is 0 Å². The number of hydrogen-bond donors (Lipinski definition) is 1. The minimum atomic E-state index is 0.470. The molecule has 122 valence electrons. The summed E-state index contributed by atoms with van der Waals surface area (Å²) >= 11 is 0. The third-order valence-electron chi connectivity index (χ3n) is 3.54. The highest BCUT2D eigenvalue weighted by molar-refractivity contribution is 4.67. The molecule has 1 atom stereocenters. The number of nitrogens with zero attached hydrogens (tertiary/aromatic N) is 1. The summed E-state index contributed by atoms with van der Waals surface area (Å²) < 4.78 is 10.4. The Bertz CT molecular complexity index is 201. The second-order valence-corrected chi connectivity index (χ2v) is 5.86. The van der Waals surface area contributed by atoms with Gasteiger partial charge in [-0.15, -0.1) is 0 Å². The molecule has 20 heavy (non-hydrogen) atoms. The van der Waals surface area contributed by atoms with Gasteiger partial charge in [0.2, 0.25) is 0 Å². The Balaban J connectivity index is 3.67. The fourth-order valence-electron chi connectivity index (χ4n) is 2.29. The molecular formula is C16H36N2O2. The molecule has 0 aromatic rings. The Morgan fingerprint density at radius 1 is 0.900 bits per heavy atom. The zero-order chi connectivity index (χ0) is 15.2. The monoisotopic (exact) mass is 288 g/mol. The maximum Gasteiger partial charge on any atom is 0.0615 e. The van der Waals surface area contributed by atoms with E-state index < -0.39 is 0 Å². The summed E-state index contributed by atoms with van der Waals surface area (Å²) in [6, 6.07) is 1.08. The van der Waals surface area contributed by atoms with Crippen LogP contribution in [0.1, 0.15) is 46.5 Å². The van der Waals surface area contributed by atoms with Gasteiger partial charge in [0.05, 0.1) is 13.2 Å². The van der Waals surface area contributed by atoms with Gasteiger partial charge < -0.3 is 14.8 Å². The minimum absolute atomic E-state index is 0.470. The van der Waals surface area contributed by atoms with Crippen molar-refractivity contribution in [2.24, 2.45) is 0 Å². The second-order valence-electron chi connectivity index (χ2n) is 5.86. The molecule has 0 aliphatic rings. The Kier molecular flexibility index (Phi) is 13.7. The lowest BCUT2D eigenvalue weighted by atomic mass is 10.1. The van der Waals surface area contributed by atoms with Crippen molar-refractivity contribution in [1.82, 2.24) is 10.2 Å². The first-order valence-corrected chi connectivity index (χ1v) is 8.07. The molecule has 0 aromatic heterocycles. The molecular weight excluding hydrogens is 252 g/mol. The molecule has 4 heteroatoms.